The summed E-state index contributed by atoms with van der Waals surface area (Å²) in [6, 6.07) is 25.2. The number of rotatable bonds is 6. The molecule has 1 spiro atoms. The van der Waals surface area contributed by atoms with Crippen LogP contribution in [0.2, 0.25) is 0 Å². The molecule has 49 heavy (non-hydrogen) atoms. The van der Waals surface area contributed by atoms with Gasteiger partial charge < -0.3 is 29.7 Å². The normalized spacial score (nSPS) is 29.8. The Kier molecular flexibility index (Phi) is 9.16. The van der Waals surface area contributed by atoms with E-state index in [-0.39, 0.29) is 25.5 Å². The second-order valence-electron chi connectivity index (χ2n) is 12.9. The van der Waals surface area contributed by atoms with E-state index in [4.69, 9.17) is 9.47 Å². The number of amides is 3. The molecule has 0 radical (unpaired) electrons. The summed E-state index contributed by atoms with van der Waals surface area (Å²) in [4.78, 5) is 60.0. The minimum Gasteiger partial charge on any atom is -0.463 e. The van der Waals surface area contributed by atoms with Crippen molar-refractivity contribution in [1.82, 2.24) is 15.1 Å². The molecule has 0 saturated carbocycles. The first-order valence-corrected chi connectivity index (χ1v) is 16.7. The molecule has 3 amide bonds. The summed E-state index contributed by atoms with van der Waals surface area (Å²) in [7, 11) is 0. The number of esters is 1. The van der Waals surface area contributed by atoms with Crippen LogP contribution in [0.25, 0.3) is 0 Å². The van der Waals surface area contributed by atoms with Crippen LogP contribution in [0.5, 0.6) is 0 Å². The topological polar surface area (TPSA) is 125 Å². The van der Waals surface area contributed by atoms with Gasteiger partial charge in [0.1, 0.15) is 18.2 Å². The number of nitrogens with zero attached hydrogens (tertiary/aromatic N) is 2. The number of hydrogen-bond acceptors (Lipinski definition) is 7. The third-order valence-electron chi connectivity index (χ3n) is 10.00. The van der Waals surface area contributed by atoms with E-state index in [1.54, 1.807) is 23.1 Å². The molecule has 252 valence electrons. The van der Waals surface area contributed by atoms with E-state index in [0.717, 1.165) is 11.1 Å². The van der Waals surface area contributed by atoms with Crippen molar-refractivity contribution in [3.63, 3.8) is 0 Å². The van der Waals surface area contributed by atoms with Crippen molar-refractivity contribution in [2.75, 3.05) is 19.8 Å². The molecule has 4 aliphatic rings. The number of aliphatic hydroxyl groups excluding tert-OH is 1. The van der Waals surface area contributed by atoms with Crippen LogP contribution in [0.1, 0.15) is 41.6 Å². The lowest BCUT2D eigenvalue weighted by Gasteiger charge is -2.38. The van der Waals surface area contributed by atoms with Crippen molar-refractivity contribution in [1.29, 1.82) is 0 Å². The lowest BCUT2D eigenvalue weighted by atomic mass is 9.77. The molecule has 2 fully saturated rings. The van der Waals surface area contributed by atoms with Crippen molar-refractivity contribution >= 4 is 23.7 Å². The van der Waals surface area contributed by atoms with Crippen molar-refractivity contribution in [2.45, 2.75) is 49.2 Å². The summed E-state index contributed by atoms with van der Waals surface area (Å²) in [5.41, 5.74) is 0.820. The summed E-state index contributed by atoms with van der Waals surface area (Å²) in [6.07, 6.45) is 6.74. The van der Waals surface area contributed by atoms with Gasteiger partial charge in [-0.1, -0.05) is 115 Å². The third-order valence-corrected chi connectivity index (χ3v) is 10.00. The van der Waals surface area contributed by atoms with Gasteiger partial charge in [-0.15, -0.1) is 0 Å². The van der Waals surface area contributed by atoms with Gasteiger partial charge in [0.15, 0.2) is 0 Å². The van der Waals surface area contributed by atoms with E-state index in [2.05, 4.69) is 5.32 Å². The Labute approximate surface area is 285 Å². The van der Waals surface area contributed by atoms with E-state index in [1.807, 2.05) is 97.1 Å². The fraction of sp³-hybridized carbons (Fsp3) is 0.333. The summed E-state index contributed by atoms with van der Waals surface area (Å²) in [6.45, 7) is 0.0550. The Morgan fingerprint density at radius 3 is 2.29 bits per heavy atom. The first kappa shape index (κ1) is 32.5. The van der Waals surface area contributed by atoms with Gasteiger partial charge in [-0.2, -0.15) is 0 Å². The molecule has 10 nitrogen and oxygen atoms in total. The standard InChI is InChI=1S/C39H39N3O7/c43-24-30(28-17-8-3-9-18-28)42-35-38(47)41(23-26-13-4-1-5-14-26)22-12-21-39(35)34(37(42)46)33-31(49-39)19-10-11-20-32(44)48-25-29(40-36(33)45)27-15-6-2-7-16-27/h1-10,12-19,21,29-31,33-35,43H,11,20,22-25H2,(H,40,45)/b19-10-/t29-,30-,31+,33-,34-,35+,39-/m1/s1. The summed E-state index contributed by atoms with van der Waals surface area (Å²) in [5.74, 6) is -3.73. The fourth-order valence-electron chi connectivity index (χ4n) is 7.74. The van der Waals surface area contributed by atoms with E-state index in [0.29, 0.717) is 18.5 Å². The van der Waals surface area contributed by atoms with Gasteiger partial charge in [0, 0.05) is 19.5 Å². The number of carbonyl (C=O) groups is 4. The molecule has 3 aromatic rings. The molecule has 7 rings (SSSR count). The molecule has 2 N–H and O–H groups in total. The van der Waals surface area contributed by atoms with Gasteiger partial charge in [0.2, 0.25) is 17.7 Å². The average molecular weight is 662 g/mol. The largest absolute Gasteiger partial charge is 0.463 e. The molecular formula is C39H39N3O7. The van der Waals surface area contributed by atoms with E-state index in [1.165, 1.54) is 4.90 Å². The van der Waals surface area contributed by atoms with Gasteiger partial charge in [0.05, 0.1) is 36.6 Å². The molecule has 0 bridgehead atoms. The maximum absolute atomic E-state index is 15.0. The minimum absolute atomic E-state index is 0.0809. The molecule has 4 aliphatic heterocycles. The molecule has 3 aromatic carbocycles. The molecule has 7 atom stereocenters. The average Bonchev–Trinajstić information content (AvgIpc) is 3.52. The van der Waals surface area contributed by atoms with Crippen molar-refractivity contribution < 1.29 is 33.8 Å². The second kappa shape index (κ2) is 13.8. The van der Waals surface area contributed by atoms with Crippen LogP contribution in [0.15, 0.2) is 115 Å². The first-order valence-electron chi connectivity index (χ1n) is 16.7. The molecule has 0 aromatic heterocycles. The zero-order valence-electron chi connectivity index (χ0n) is 27.0. The van der Waals surface area contributed by atoms with Gasteiger partial charge in [0.25, 0.3) is 0 Å². The van der Waals surface area contributed by atoms with Gasteiger partial charge in [-0.3, -0.25) is 19.2 Å². The number of hydrogen-bond donors (Lipinski definition) is 2. The highest BCUT2D eigenvalue weighted by Crippen LogP contribution is 2.54. The first-order chi connectivity index (χ1) is 23.9. The van der Waals surface area contributed by atoms with Crippen LogP contribution in [0.4, 0.5) is 0 Å². The zero-order chi connectivity index (χ0) is 34.0. The number of nitrogens with one attached hydrogen (secondary N) is 1. The Balaban J connectivity index is 1.33. The SMILES string of the molecule is O=C1CC/C=C\[C@@H]2O[C@@]34C=CCN(Cc5ccccc5)C(=O)[C@@H]3N([C@H](CO)c3ccccc3)C(=O)[C@H]4[C@@H]2C(=O)N[C@@H](c2ccccc2)CO1. The van der Waals surface area contributed by atoms with Gasteiger partial charge in [-0.25, -0.2) is 0 Å². The monoisotopic (exact) mass is 661 g/mol. The smallest absolute Gasteiger partial charge is 0.306 e. The second-order valence-corrected chi connectivity index (χ2v) is 12.9. The molecule has 0 aliphatic carbocycles. The third kappa shape index (κ3) is 6.06. The molecule has 4 heterocycles. The van der Waals surface area contributed by atoms with Gasteiger partial charge in [-0.05, 0) is 23.1 Å². The highest BCUT2D eigenvalue weighted by Gasteiger charge is 2.72. The number of cyclic esters (lactones) is 1. The zero-order valence-corrected chi connectivity index (χ0v) is 27.0. The summed E-state index contributed by atoms with van der Waals surface area (Å²) in [5, 5.41) is 13.9. The maximum atomic E-state index is 15.0. The van der Waals surface area contributed by atoms with Crippen LogP contribution in [0.3, 0.4) is 0 Å². The minimum atomic E-state index is -1.51. The lowest BCUT2D eigenvalue weighted by Crippen LogP contribution is -2.56. The van der Waals surface area contributed by atoms with Crippen molar-refractivity contribution in [3.05, 3.63) is 132 Å². The number of ether oxygens (including phenoxy) is 2. The Morgan fingerprint density at radius 2 is 1.57 bits per heavy atom. The van der Waals surface area contributed by atoms with E-state index >= 15 is 0 Å². The van der Waals surface area contributed by atoms with Crippen LogP contribution in [-0.4, -0.2) is 76.1 Å². The molecule has 10 heteroatoms. The maximum Gasteiger partial charge on any atom is 0.306 e. The van der Waals surface area contributed by atoms with Crippen LogP contribution < -0.4 is 5.32 Å². The van der Waals surface area contributed by atoms with Crippen LogP contribution in [-0.2, 0) is 35.2 Å². The van der Waals surface area contributed by atoms with Crippen molar-refractivity contribution in [3.8, 4) is 0 Å². The van der Waals surface area contributed by atoms with E-state index in [9.17, 15) is 24.3 Å². The molecule has 2 saturated heterocycles. The predicted octanol–water partition coefficient (Wildman–Crippen LogP) is 3.65. The summed E-state index contributed by atoms with van der Waals surface area (Å²) < 4.78 is 12.4. The summed E-state index contributed by atoms with van der Waals surface area (Å²) >= 11 is 0. The van der Waals surface area contributed by atoms with E-state index < -0.39 is 66.1 Å². The Morgan fingerprint density at radius 1 is 0.878 bits per heavy atom. The Hall–Kier alpha value is -5.06. The Bertz CT molecular complexity index is 1750. The molecular weight excluding hydrogens is 622 g/mol. The number of likely N-dealkylation sites (tertiary alicyclic amines) is 1. The van der Waals surface area contributed by atoms with Crippen LogP contribution in [0, 0.1) is 11.8 Å². The fourth-order valence-corrected chi connectivity index (χ4v) is 7.74. The van der Waals surface area contributed by atoms with Crippen LogP contribution >= 0.6 is 0 Å². The number of allylic oxidation sites excluding steroid dienone is 1. The highest BCUT2D eigenvalue weighted by atomic mass is 16.5. The predicted molar refractivity (Wildman–Crippen MR) is 179 cm³/mol. The lowest BCUT2D eigenvalue weighted by molar-refractivity contribution is -0.151. The number of benzene rings is 3. The quantitative estimate of drug-likeness (QED) is 0.305. The molecule has 0 unspecified atom stereocenters. The van der Waals surface area contributed by atoms with Crippen molar-refractivity contribution in [2.24, 2.45) is 11.8 Å². The van der Waals surface area contributed by atoms with Gasteiger partial charge >= 0.3 is 5.97 Å². The highest BCUT2D eigenvalue weighted by molar-refractivity contribution is 6.00. The number of fused-ring (bicyclic) bond motifs is 2. The number of aliphatic hydroxyl groups is 1. The number of carbonyl (C=O) groups excluding carboxylic acids is 4.